The van der Waals surface area contributed by atoms with E-state index in [2.05, 4.69) is 5.32 Å². The van der Waals surface area contributed by atoms with E-state index in [1.54, 1.807) is 4.90 Å². The molecule has 17 heavy (non-hydrogen) atoms. The first-order valence-corrected chi connectivity index (χ1v) is 7.06. The van der Waals surface area contributed by atoms with E-state index in [-0.39, 0.29) is 18.6 Å². The van der Waals surface area contributed by atoms with Crippen LogP contribution in [0.15, 0.2) is 0 Å². The van der Waals surface area contributed by atoms with E-state index in [1.165, 1.54) is 0 Å². The van der Waals surface area contributed by atoms with E-state index in [4.69, 9.17) is 5.11 Å². The Morgan fingerprint density at radius 1 is 1.53 bits per heavy atom. The summed E-state index contributed by atoms with van der Waals surface area (Å²) in [6.07, 6.45) is 1.35. The first-order chi connectivity index (χ1) is 8.05. The van der Waals surface area contributed by atoms with Crippen molar-refractivity contribution in [3.63, 3.8) is 0 Å². The quantitative estimate of drug-likeness (QED) is 0.792. The molecule has 0 aromatic rings. The molecule has 1 aliphatic carbocycles. The predicted molar refractivity (Wildman–Crippen MR) is 66.2 cm³/mol. The highest BCUT2D eigenvalue weighted by Gasteiger charge is 2.50. The molecular weight excluding hydrogens is 240 g/mol. The molecule has 0 aromatic heterocycles. The number of carboxylic acid groups (broad SMARTS) is 1. The molecule has 0 spiro atoms. The Balaban J connectivity index is 1.83. The Kier molecular flexibility index (Phi) is 3.51. The van der Waals surface area contributed by atoms with Gasteiger partial charge in [0.05, 0.1) is 5.41 Å². The van der Waals surface area contributed by atoms with Crippen LogP contribution in [0.5, 0.6) is 0 Å². The van der Waals surface area contributed by atoms with Crippen LogP contribution in [-0.2, 0) is 4.79 Å². The third kappa shape index (κ3) is 2.68. The third-order valence-electron chi connectivity index (χ3n) is 3.51. The SMILES string of the molecule is CC1CSCCN1C(=O)NCC1(C(=O)O)CC1. The van der Waals surface area contributed by atoms with Crippen molar-refractivity contribution in [1.82, 2.24) is 10.2 Å². The number of amides is 2. The minimum absolute atomic E-state index is 0.120. The maximum atomic E-state index is 11.9. The number of aliphatic carboxylic acids is 1. The van der Waals surface area contributed by atoms with E-state index in [1.807, 2.05) is 18.7 Å². The summed E-state index contributed by atoms with van der Waals surface area (Å²) >= 11 is 1.85. The van der Waals surface area contributed by atoms with Gasteiger partial charge in [0.1, 0.15) is 0 Å². The smallest absolute Gasteiger partial charge is 0.317 e. The zero-order chi connectivity index (χ0) is 12.5. The molecule has 96 valence electrons. The van der Waals surface area contributed by atoms with Crippen molar-refractivity contribution in [2.24, 2.45) is 5.41 Å². The lowest BCUT2D eigenvalue weighted by Gasteiger charge is -2.33. The second-order valence-electron chi connectivity index (χ2n) is 4.86. The van der Waals surface area contributed by atoms with Crippen molar-refractivity contribution in [2.45, 2.75) is 25.8 Å². The number of hydrogen-bond donors (Lipinski definition) is 2. The van der Waals surface area contributed by atoms with Crippen LogP contribution in [0.2, 0.25) is 0 Å². The monoisotopic (exact) mass is 258 g/mol. The molecular formula is C11H18N2O3S. The van der Waals surface area contributed by atoms with Crippen LogP contribution in [0.4, 0.5) is 4.79 Å². The number of thioether (sulfide) groups is 1. The number of nitrogens with zero attached hydrogens (tertiary/aromatic N) is 1. The second-order valence-corrected chi connectivity index (χ2v) is 6.01. The number of hydrogen-bond acceptors (Lipinski definition) is 3. The molecule has 2 N–H and O–H groups in total. The van der Waals surface area contributed by atoms with Gasteiger partial charge in [0.2, 0.25) is 0 Å². The van der Waals surface area contributed by atoms with Gasteiger partial charge in [-0.25, -0.2) is 4.79 Å². The Morgan fingerprint density at radius 2 is 2.24 bits per heavy atom. The summed E-state index contributed by atoms with van der Waals surface area (Å²) in [5.74, 6) is 1.12. The van der Waals surface area contributed by atoms with Crippen LogP contribution in [-0.4, -0.2) is 52.6 Å². The molecule has 5 nitrogen and oxygen atoms in total. The number of rotatable bonds is 3. The Bertz CT molecular complexity index is 331. The van der Waals surface area contributed by atoms with E-state index in [9.17, 15) is 9.59 Å². The summed E-state index contributed by atoms with van der Waals surface area (Å²) < 4.78 is 0. The van der Waals surface area contributed by atoms with Gasteiger partial charge in [-0.05, 0) is 19.8 Å². The maximum Gasteiger partial charge on any atom is 0.317 e. The van der Waals surface area contributed by atoms with Crippen molar-refractivity contribution in [2.75, 3.05) is 24.6 Å². The van der Waals surface area contributed by atoms with E-state index < -0.39 is 11.4 Å². The molecule has 1 unspecified atom stereocenters. The molecule has 1 heterocycles. The van der Waals surface area contributed by atoms with Crippen molar-refractivity contribution in [3.05, 3.63) is 0 Å². The van der Waals surface area contributed by atoms with Gasteiger partial charge in [0.25, 0.3) is 0 Å². The fourth-order valence-electron chi connectivity index (χ4n) is 1.99. The van der Waals surface area contributed by atoms with Crippen LogP contribution in [0.25, 0.3) is 0 Å². The van der Waals surface area contributed by atoms with E-state index in [0.717, 1.165) is 18.1 Å². The number of carbonyl (C=O) groups excluding carboxylic acids is 1. The number of carbonyl (C=O) groups is 2. The lowest BCUT2D eigenvalue weighted by Crippen LogP contribution is -2.50. The van der Waals surface area contributed by atoms with Crippen molar-refractivity contribution in [3.8, 4) is 0 Å². The molecule has 0 radical (unpaired) electrons. The number of carboxylic acids is 1. The molecule has 0 bridgehead atoms. The molecule has 2 rings (SSSR count). The summed E-state index contributed by atoms with van der Waals surface area (Å²) in [6, 6.07) is 0.110. The lowest BCUT2D eigenvalue weighted by molar-refractivity contribution is -0.143. The van der Waals surface area contributed by atoms with E-state index in [0.29, 0.717) is 12.8 Å². The zero-order valence-corrected chi connectivity index (χ0v) is 10.8. The van der Waals surface area contributed by atoms with Crippen LogP contribution < -0.4 is 5.32 Å². The Morgan fingerprint density at radius 3 is 2.76 bits per heavy atom. The van der Waals surface area contributed by atoms with Crippen molar-refractivity contribution < 1.29 is 14.7 Å². The first-order valence-electron chi connectivity index (χ1n) is 5.91. The molecule has 1 atom stereocenters. The van der Waals surface area contributed by atoms with Gasteiger partial charge < -0.3 is 15.3 Å². The number of urea groups is 1. The van der Waals surface area contributed by atoms with Gasteiger partial charge in [-0.3, -0.25) is 4.79 Å². The van der Waals surface area contributed by atoms with Crippen molar-refractivity contribution >= 4 is 23.8 Å². The average Bonchev–Trinajstić information content (AvgIpc) is 3.07. The van der Waals surface area contributed by atoms with Gasteiger partial charge in [-0.15, -0.1) is 0 Å². The van der Waals surface area contributed by atoms with Gasteiger partial charge in [0, 0.05) is 30.6 Å². The standard InChI is InChI=1S/C11H18N2O3S/c1-8-6-17-5-4-13(8)10(16)12-7-11(2-3-11)9(14)15/h8H,2-7H2,1H3,(H,12,16)(H,14,15). The summed E-state index contributed by atoms with van der Waals surface area (Å²) in [7, 11) is 0. The molecule has 2 aliphatic rings. The highest BCUT2D eigenvalue weighted by molar-refractivity contribution is 7.99. The molecule has 1 aliphatic heterocycles. The number of nitrogens with one attached hydrogen (secondary N) is 1. The van der Waals surface area contributed by atoms with Crippen LogP contribution in [0, 0.1) is 5.41 Å². The molecule has 6 heteroatoms. The second kappa shape index (κ2) is 4.76. The highest BCUT2D eigenvalue weighted by Crippen LogP contribution is 2.45. The zero-order valence-electron chi connectivity index (χ0n) is 9.94. The Labute approximate surface area is 105 Å². The maximum absolute atomic E-state index is 11.9. The van der Waals surface area contributed by atoms with Crippen LogP contribution >= 0.6 is 11.8 Å². The van der Waals surface area contributed by atoms with Crippen molar-refractivity contribution in [1.29, 1.82) is 0 Å². The van der Waals surface area contributed by atoms with Gasteiger partial charge in [-0.1, -0.05) is 0 Å². The van der Waals surface area contributed by atoms with Crippen LogP contribution in [0.3, 0.4) is 0 Å². The van der Waals surface area contributed by atoms with Gasteiger partial charge >= 0.3 is 12.0 Å². The summed E-state index contributed by atoms with van der Waals surface area (Å²) in [4.78, 5) is 24.7. The minimum atomic E-state index is -0.792. The minimum Gasteiger partial charge on any atom is -0.481 e. The summed E-state index contributed by atoms with van der Waals surface area (Å²) in [6.45, 7) is 3.03. The summed E-state index contributed by atoms with van der Waals surface area (Å²) in [5, 5.41) is 11.8. The first kappa shape index (κ1) is 12.5. The highest BCUT2D eigenvalue weighted by atomic mass is 32.2. The Hall–Kier alpha value is -0.910. The third-order valence-corrected chi connectivity index (χ3v) is 4.70. The fraction of sp³-hybridized carbons (Fsp3) is 0.818. The molecule has 0 aromatic carbocycles. The lowest BCUT2D eigenvalue weighted by atomic mass is 10.1. The van der Waals surface area contributed by atoms with Gasteiger partial charge in [0.15, 0.2) is 0 Å². The van der Waals surface area contributed by atoms with Gasteiger partial charge in [-0.2, -0.15) is 11.8 Å². The predicted octanol–water partition coefficient (Wildman–Crippen LogP) is 0.998. The van der Waals surface area contributed by atoms with Crippen LogP contribution in [0.1, 0.15) is 19.8 Å². The topological polar surface area (TPSA) is 69.6 Å². The molecule has 2 amide bonds. The molecule has 1 saturated carbocycles. The van der Waals surface area contributed by atoms with E-state index >= 15 is 0 Å². The fourth-order valence-corrected chi connectivity index (χ4v) is 3.01. The largest absolute Gasteiger partial charge is 0.481 e. The molecule has 1 saturated heterocycles. The summed E-state index contributed by atoms with van der Waals surface area (Å²) in [5.41, 5.74) is -0.677. The molecule has 2 fully saturated rings. The average molecular weight is 258 g/mol. The normalized spacial score (nSPS) is 26.4.